The molecule has 0 saturated carbocycles. The molecule has 5 atom stereocenters. The minimum absolute atomic E-state index is 0.263. The average molecular weight is 564 g/mol. The number of aromatic nitrogens is 2. The van der Waals surface area contributed by atoms with Crippen molar-refractivity contribution in [3.8, 4) is 0 Å². The van der Waals surface area contributed by atoms with Crippen molar-refractivity contribution in [2.24, 2.45) is 17.6 Å². The van der Waals surface area contributed by atoms with Gasteiger partial charge in [0.1, 0.15) is 6.10 Å². The molecule has 1 fully saturated rings. The summed E-state index contributed by atoms with van der Waals surface area (Å²) < 4.78 is 4.73. The predicted octanol–water partition coefficient (Wildman–Crippen LogP) is 3.91. The van der Waals surface area contributed by atoms with Crippen molar-refractivity contribution < 1.29 is 24.5 Å². The van der Waals surface area contributed by atoms with Crippen molar-refractivity contribution in [2.45, 2.75) is 91.5 Å². The summed E-state index contributed by atoms with van der Waals surface area (Å²) in [7, 11) is 3.15. The standard InChI is InChI=1S/C12H23NO4.C9H11N3.C7H13NO.C2H6/c1-4-8(2)6-5-7-9(14)10(15)11(17-3)12(13)16;1-6-2-4-7-8(5-3-6)11-12-9(7)10;1-8-6-4-2-3-5-7(8)9;1-2/h5-6,8-11,14-15H,4,7H2,1-3H3,(H2,13,16);2-6H,1H3,(H3,10,11,12);2-6H2,1H3;1-2H3/b6-5+;;;. The molecule has 0 spiro atoms. The molecule has 1 aliphatic heterocycles. The number of aliphatic hydroxyl groups is 2. The first kappa shape index (κ1) is 37.0. The number of ether oxygens (including phenoxy) is 1. The Morgan fingerprint density at radius 3 is 2.50 bits per heavy atom. The van der Waals surface area contributed by atoms with Gasteiger partial charge >= 0.3 is 0 Å². The Bertz CT molecular complexity index is 943. The fraction of sp³-hybridized carbons (Fsp3) is 0.633. The number of methoxy groups -OCH3 is 1. The number of nitrogens with one attached hydrogen (secondary N) is 1. The SMILES string of the molecule is CC.CC1C=Cc2[nH]nc(N)c2C=C1.CCC(C)/C=C/CC(O)C(O)C(OC)C(N)=O.CN1CCCCCC1=O. The summed E-state index contributed by atoms with van der Waals surface area (Å²) in [4.78, 5) is 23.7. The van der Waals surface area contributed by atoms with Crippen molar-refractivity contribution in [1.29, 1.82) is 0 Å². The third-order valence-electron chi connectivity index (χ3n) is 6.53. The van der Waals surface area contributed by atoms with Crippen molar-refractivity contribution in [1.82, 2.24) is 15.1 Å². The minimum atomic E-state index is -1.31. The second-order valence-corrected chi connectivity index (χ2v) is 9.81. The number of nitrogen functional groups attached to an aromatic ring is 1. The van der Waals surface area contributed by atoms with Crippen molar-refractivity contribution in [3.05, 3.63) is 35.6 Å². The molecule has 2 heterocycles. The highest BCUT2D eigenvalue weighted by Crippen LogP contribution is 2.21. The van der Waals surface area contributed by atoms with Crippen LogP contribution in [0.1, 0.15) is 84.4 Å². The van der Waals surface area contributed by atoms with E-state index >= 15 is 0 Å². The monoisotopic (exact) mass is 563 g/mol. The Morgan fingerprint density at radius 1 is 1.25 bits per heavy atom. The number of rotatable bonds is 8. The van der Waals surface area contributed by atoms with Crippen LogP contribution in [0.5, 0.6) is 0 Å². The molecule has 10 nitrogen and oxygen atoms in total. The zero-order valence-corrected chi connectivity index (χ0v) is 25.5. The third-order valence-corrected chi connectivity index (χ3v) is 6.53. The molecule has 1 aliphatic carbocycles. The summed E-state index contributed by atoms with van der Waals surface area (Å²) >= 11 is 0. The number of nitrogens with zero attached hydrogens (tertiary/aromatic N) is 2. The van der Waals surface area contributed by atoms with Crippen LogP contribution in [0.4, 0.5) is 5.82 Å². The van der Waals surface area contributed by atoms with E-state index in [1.807, 2.05) is 44.0 Å². The molecule has 0 bridgehead atoms. The van der Waals surface area contributed by atoms with Gasteiger partial charge in [0.25, 0.3) is 0 Å². The molecule has 2 amide bonds. The number of aromatic amines is 1. The molecule has 228 valence electrons. The molecule has 1 aromatic heterocycles. The minimum Gasteiger partial charge on any atom is -0.390 e. The number of allylic oxidation sites excluding steroid dienone is 3. The van der Waals surface area contributed by atoms with Gasteiger partial charge in [-0.15, -0.1) is 0 Å². The molecule has 7 N–H and O–H groups in total. The van der Waals surface area contributed by atoms with Crippen LogP contribution < -0.4 is 11.5 Å². The Hall–Kier alpha value is -2.95. The molecule has 40 heavy (non-hydrogen) atoms. The quantitative estimate of drug-likeness (QED) is 0.299. The lowest BCUT2D eigenvalue weighted by Crippen LogP contribution is -2.46. The number of hydrogen-bond acceptors (Lipinski definition) is 7. The highest BCUT2D eigenvalue weighted by Gasteiger charge is 2.29. The lowest BCUT2D eigenvalue weighted by atomic mass is 10.0. The van der Waals surface area contributed by atoms with Crippen LogP contribution in [0.25, 0.3) is 12.2 Å². The number of H-pyrrole nitrogens is 1. The maximum Gasteiger partial charge on any atom is 0.249 e. The second-order valence-electron chi connectivity index (χ2n) is 9.81. The van der Waals surface area contributed by atoms with Gasteiger partial charge in [-0.25, -0.2) is 0 Å². The van der Waals surface area contributed by atoms with Gasteiger partial charge < -0.3 is 31.3 Å². The Kier molecular flexibility index (Phi) is 19.3. The zero-order valence-electron chi connectivity index (χ0n) is 25.5. The molecular weight excluding hydrogens is 510 g/mol. The fourth-order valence-corrected chi connectivity index (χ4v) is 3.71. The van der Waals surface area contributed by atoms with E-state index in [1.54, 1.807) is 6.08 Å². The summed E-state index contributed by atoms with van der Waals surface area (Å²) in [6.07, 6.45) is 14.0. The van der Waals surface area contributed by atoms with Gasteiger partial charge in [-0.1, -0.05) is 77.8 Å². The number of nitrogens with two attached hydrogens (primary N) is 2. The van der Waals surface area contributed by atoms with Gasteiger partial charge in [0, 0.05) is 32.7 Å². The van der Waals surface area contributed by atoms with Gasteiger partial charge in [0.2, 0.25) is 11.8 Å². The summed E-state index contributed by atoms with van der Waals surface area (Å²) in [6, 6.07) is 0. The maximum absolute atomic E-state index is 10.9. The largest absolute Gasteiger partial charge is 0.390 e. The lowest BCUT2D eigenvalue weighted by Gasteiger charge is -2.22. The van der Waals surface area contributed by atoms with E-state index in [4.69, 9.17) is 16.2 Å². The summed E-state index contributed by atoms with van der Waals surface area (Å²) in [5.74, 6) is 0.983. The van der Waals surface area contributed by atoms with E-state index < -0.39 is 24.2 Å². The molecule has 10 heteroatoms. The Morgan fingerprint density at radius 2 is 1.90 bits per heavy atom. The van der Waals surface area contributed by atoms with Crippen LogP contribution in [0.15, 0.2) is 24.3 Å². The van der Waals surface area contributed by atoms with Crippen molar-refractivity contribution in [3.63, 3.8) is 0 Å². The van der Waals surface area contributed by atoms with E-state index in [-0.39, 0.29) is 6.42 Å². The van der Waals surface area contributed by atoms with Crippen LogP contribution in [0.3, 0.4) is 0 Å². The maximum atomic E-state index is 10.9. The summed E-state index contributed by atoms with van der Waals surface area (Å²) in [5.41, 5.74) is 12.7. The molecule has 5 unspecified atom stereocenters. The molecule has 0 aromatic carbocycles. The summed E-state index contributed by atoms with van der Waals surface area (Å²) in [6.45, 7) is 11.2. The molecule has 3 rings (SSSR count). The van der Waals surface area contributed by atoms with E-state index in [0.717, 1.165) is 37.1 Å². The number of carbonyl (C=O) groups is 2. The summed E-state index contributed by atoms with van der Waals surface area (Å²) in [5, 5.41) is 26.1. The lowest BCUT2D eigenvalue weighted by molar-refractivity contribution is -0.140. The predicted molar refractivity (Wildman–Crippen MR) is 163 cm³/mol. The van der Waals surface area contributed by atoms with E-state index in [1.165, 1.54) is 20.0 Å². The van der Waals surface area contributed by atoms with Crippen LogP contribution in [0, 0.1) is 11.8 Å². The molecule has 2 aliphatic rings. The highest BCUT2D eigenvalue weighted by atomic mass is 16.5. The van der Waals surface area contributed by atoms with Gasteiger partial charge in [0.15, 0.2) is 11.9 Å². The number of fused-ring (bicyclic) bond motifs is 1. The van der Waals surface area contributed by atoms with Crippen LogP contribution in [0.2, 0.25) is 0 Å². The Labute approximate surface area is 240 Å². The van der Waals surface area contributed by atoms with E-state index in [0.29, 0.717) is 23.6 Å². The number of likely N-dealkylation sites (tertiary alicyclic amines) is 1. The van der Waals surface area contributed by atoms with Gasteiger partial charge in [-0.05, 0) is 37.2 Å². The number of carbonyl (C=O) groups excluding carboxylic acids is 2. The van der Waals surface area contributed by atoms with Crippen LogP contribution in [-0.4, -0.2) is 76.1 Å². The highest BCUT2D eigenvalue weighted by molar-refractivity contribution is 5.79. The number of amides is 2. The fourth-order valence-electron chi connectivity index (χ4n) is 3.71. The van der Waals surface area contributed by atoms with E-state index in [2.05, 4.69) is 43.1 Å². The molecule has 1 saturated heterocycles. The van der Waals surface area contributed by atoms with Gasteiger partial charge in [0.05, 0.1) is 11.8 Å². The van der Waals surface area contributed by atoms with Gasteiger partial charge in [-0.3, -0.25) is 14.7 Å². The second kappa shape index (κ2) is 20.9. The van der Waals surface area contributed by atoms with Gasteiger partial charge in [-0.2, -0.15) is 5.10 Å². The topological polar surface area (TPSA) is 168 Å². The molecule has 1 aromatic rings. The average Bonchev–Trinajstić information content (AvgIpc) is 3.05. The van der Waals surface area contributed by atoms with Crippen molar-refractivity contribution in [2.75, 3.05) is 26.4 Å². The first-order chi connectivity index (χ1) is 19.0. The Balaban J connectivity index is 0.000000576. The third kappa shape index (κ3) is 13.9. The normalized spacial score (nSPS) is 19.3. The van der Waals surface area contributed by atoms with E-state index in [9.17, 15) is 19.8 Å². The zero-order chi connectivity index (χ0) is 30.7. The van der Waals surface area contributed by atoms with Crippen LogP contribution in [-0.2, 0) is 14.3 Å². The molecule has 0 radical (unpaired) electrons. The van der Waals surface area contributed by atoms with Crippen molar-refractivity contribution >= 4 is 29.8 Å². The number of primary amides is 1. The number of hydrogen-bond donors (Lipinski definition) is 5. The van der Waals surface area contributed by atoms with Crippen LogP contribution >= 0.6 is 0 Å². The first-order valence-corrected chi connectivity index (χ1v) is 14.3. The number of anilines is 1. The number of aliphatic hydroxyl groups excluding tert-OH is 2. The first-order valence-electron chi connectivity index (χ1n) is 14.3. The smallest absolute Gasteiger partial charge is 0.249 e. The molecular formula is C30H53N5O5.